The highest BCUT2D eigenvalue weighted by Crippen LogP contribution is 2.42. The summed E-state index contributed by atoms with van der Waals surface area (Å²) in [5, 5.41) is 3.26. The van der Waals surface area contributed by atoms with E-state index in [0.717, 1.165) is 37.5 Å². The predicted octanol–water partition coefficient (Wildman–Crippen LogP) is 2.99. The van der Waals surface area contributed by atoms with Crippen LogP contribution in [0.3, 0.4) is 0 Å². The Hall–Kier alpha value is -1.33. The van der Waals surface area contributed by atoms with Crippen LogP contribution in [-0.4, -0.2) is 36.5 Å². The number of amides is 1. The summed E-state index contributed by atoms with van der Waals surface area (Å²) < 4.78 is 5.90. The number of hydrogen-bond donors (Lipinski definition) is 2. The quantitative estimate of drug-likeness (QED) is 0.848. The maximum absolute atomic E-state index is 12.9. The fraction of sp³-hybridized carbons (Fsp3) is 0.762. The highest BCUT2D eigenvalue weighted by molar-refractivity contribution is 5.78. The molecule has 5 nitrogen and oxygen atoms in total. The number of carbonyl (C=O) groups is 1. The largest absolute Gasteiger partial charge is 0.465 e. The first-order chi connectivity index (χ1) is 12.6. The van der Waals surface area contributed by atoms with Gasteiger partial charge in [-0.25, -0.2) is 0 Å². The standard InChI is InChI=1S/C21H33N3O2/c1-14-7-8-19(26-14)18(24-9-2-3-10-24)13-23-21(25)17-11-15-5-4-6-16(12-17)20(15)22/h7-8,15-18,20H,2-6,9-13,22H2,1H3,(H,23,25). The summed E-state index contributed by atoms with van der Waals surface area (Å²) in [5.41, 5.74) is 6.38. The van der Waals surface area contributed by atoms with Crippen LogP contribution in [0.5, 0.6) is 0 Å². The predicted molar refractivity (Wildman–Crippen MR) is 102 cm³/mol. The van der Waals surface area contributed by atoms with Gasteiger partial charge in [0, 0.05) is 18.5 Å². The summed E-state index contributed by atoms with van der Waals surface area (Å²) in [4.78, 5) is 15.3. The lowest BCUT2D eigenvalue weighted by atomic mass is 9.65. The maximum Gasteiger partial charge on any atom is 0.223 e. The molecule has 0 spiro atoms. The van der Waals surface area contributed by atoms with E-state index >= 15 is 0 Å². The van der Waals surface area contributed by atoms with Crippen LogP contribution < -0.4 is 11.1 Å². The maximum atomic E-state index is 12.9. The zero-order valence-electron chi connectivity index (χ0n) is 16.0. The lowest BCUT2D eigenvalue weighted by molar-refractivity contribution is -0.128. The molecule has 2 bridgehead atoms. The molecule has 144 valence electrons. The van der Waals surface area contributed by atoms with Crippen LogP contribution in [0, 0.1) is 24.7 Å². The third kappa shape index (κ3) is 3.70. The lowest BCUT2D eigenvalue weighted by Gasteiger charge is -2.43. The van der Waals surface area contributed by atoms with Crippen LogP contribution in [0.1, 0.15) is 62.5 Å². The Bertz CT molecular complexity index is 609. The minimum Gasteiger partial charge on any atom is -0.465 e. The van der Waals surface area contributed by atoms with Crippen LogP contribution in [-0.2, 0) is 4.79 Å². The van der Waals surface area contributed by atoms with Crippen molar-refractivity contribution in [3.8, 4) is 0 Å². The summed E-state index contributed by atoms with van der Waals surface area (Å²) in [6.07, 6.45) is 8.08. The van der Waals surface area contributed by atoms with Crippen molar-refractivity contribution in [1.82, 2.24) is 10.2 Å². The number of furan rings is 1. The number of fused-ring (bicyclic) bond motifs is 2. The Morgan fingerprint density at radius 3 is 2.54 bits per heavy atom. The van der Waals surface area contributed by atoms with Crippen molar-refractivity contribution in [2.75, 3.05) is 19.6 Å². The molecule has 1 aromatic rings. The van der Waals surface area contributed by atoms with Crippen LogP contribution in [0.2, 0.25) is 0 Å². The van der Waals surface area contributed by atoms with E-state index in [-0.39, 0.29) is 17.9 Å². The number of likely N-dealkylation sites (tertiary alicyclic amines) is 1. The van der Waals surface area contributed by atoms with E-state index in [0.29, 0.717) is 24.4 Å². The van der Waals surface area contributed by atoms with Gasteiger partial charge in [0.2, 0.25) is 5.91 Å². The van der Waals surface area contributed by atoms with Crippen molar-refractivity contribution < 1.29 is 9.21 Å². The zero-order chi connectivity index (χ0) is 18.1. The summed E-state index contributed by atoms with van der Waals surface area (Å²) in [6, 6.07) is 4.55. The monoisotopic (exact) mass is 359 g/mol. The average Bonchev–Trinajstić information content (AvgIpc) is 3.27. The second kappa shape index (κ2) is 7.73. The minimum absolute atomic E-state index is 0.141. The van der Waals surface area contributed by atoms with Gasteiger partial charge >= 0.3 is 0 Å². The summed E-state index contributed by atoms with van der Waals surface area (Å²) in [6.45, 7) is 4.79. The number of rotatable bonds is 5. The first kappa shape index (κ1) is 18.1. The second-order valence-electron chi connectivity index (χ2n) is 8.65. The third-order valence-corrected chi connectivity index (χ3v) is 6.92. The number of aryl methyl sites for hydroxylation is 1. The Morgan fingerprint density at radius 1 is 1.23 bits per heavy atom. The Morgan fingerprint density at radius 2 is 1.92 bits per heavy atom. The van der Waals surface area contributed by atoms with Gasteiger partial charge in [-0.3, -0.25) is 9.69 Å². The molecule has 1 amide bonds. The lowest BCUT2D eigenvalue weighted by Crippen LogP contribution is -2.49. The van der Waals surface area contributed by atoms with Gasteiger partial charge in [0.25, 0.3) is 0 Å². The van der Waals surface area contributed by atoms with Crippen LogP contribution >= 0.6 is 0 Å². The molecule has 26 heavy (non-hydrogen) atoms. The molecule has 4 rings (SSSR count). The molecule has 1 saturated heterocycles. The van der Waals surface area contributed by atoms with Gasteiger partial charge < -0.3 is 15.5 Å². The molecule has 1 aromatic heterocycles. The molecule has 3 aliphatic rings. The van der Waals surface area contributed by atoms with Gasteiger partial charge in [-0.1, -0.05) is 6.42 Å². The smallest absolute Gasteiger partial charge is 0.223 e. The Kier molecular flexibility index (Phi) is 5.37. The van der Waals surface area contributed by atoms with Crippen molar-refractivity contribution in [2.45, 2.75) is 64.0 Å². The van der Waals surface area contributed by atoms with E-state index in [1.807, 2.05) is 13.0 Å². The van der Waals surface area contributed by atoms with Crippen molar-refractivity contribution in [3.63, 3.8) is 0 Å². The number of carbonyl (C=O) groups excluding carboxylic acids is 1. The molecule has 1 aliphatic heterocycles. The first-order valence-corrected chi connectivity index (χ1v) is 10.5. The molecule has 2 heterocycles. The molecular weight excluding hydrogens is 326 g/mol. The van der Waals surface area contributed by atoms with Crippen molar-refractivity contribution in [1.29, 1.82) is 0 Å². The molecular formula is C21H33N3O2. The van der Waals surface area contributed by atoms with Crippen LogP contribution in [0.15, 0.2) is 16.5 Å². The minimum atomic E-state index is 0.141. The van der Waals surface area contributed by atoms with E-state index in [1.54, 1.807) is 0 Å². The molecule has 5 heteroatoms. The van der Waals surface area contributed by atoms with E-state index in [2.05, 4.69) is 16.3 Å². The van der Waals surface area contributed by atoms with E-state index < -0.39 is 0 Å². The van der Waals surface area contributed by atoms with Gasteiger partial charge in [0.1, 0.15) is 11.5 Å². The zero-order valence-corrected chi connectivity index (χ0v) is 16.0. The van der Waals surface area contributed by atoms with Gasteiger partial charge in [-0.15, -0.1) is 0 Å². The van der Waals surface area contributed by atoms with E-state index in [9.17, 15) is 4.79 Å². The van der Waals surface area contributed by atoms with Crippen LogP contribution in [0.4, 0.5) is 0 Å². The number of nitrogens with zero attached hydrogens (tertiary/aromatic N) is 1. The molecule has 3 N–H and O–H groups in total. The SMILES string of the molecule is Cc1ccc(C(CNC(=O)C2CC3CCCC(C2)C3N)N2CCCC2)o1. The summed E-state index contributed by atoms with van der Waals surface area (Å²) in [7, 11) is 0. The summed E-state index contributed by atoms with van der Waals surface area (Å²) >= 11 is 0. The van der Waals surface area contributed by atoms with Crippen molar-refractivity contribution >= 4 is 5.91 Å². The molecule has 2 saturated carbocycles. The molecule has 3 unspecified atom stereocenters. The van der Waals surface area contributed by atoms with Gasteiger partial charge in [0.05, 0.1) is 6.04 Å². The normalized spacial score (nSPS) is 33.2. The van der Waals surface area contributed by atoms with E-state index in [1.165, 1.54) is 32.1 Å². The topological polar surface area (TPSA) is 71.5 Å². The van der Waals surface area contributed by atoms with Crippen molar-refractivity contribution in [2.24, 2.45) is 23.5 Å². The molecule has 0 aromatic carbocycles. The highest BCUT2D eigenvalue weighted by atomic mass is 16.3. The highest BCUT2D eigenvalue weighted by Gasteiger charge is 2.40. The van der Waals surface area contributed by atoms with E-state index in [4.69, 9.17) is 10.2 Å². The van der Waals surface area contributed by atoms with Crippen LogP contribution in [0.25, 0.3) is 0 Å². The van der Waals surface area contributed by atoms with Gasteiger partial charge in [-0.05, 0) is 82.5 Å². The second-order valence-corrected chi connectivity index (χ2v) is 8.65. The fourth-order valence-electron chi connectivity index (χ4n) is 5.44. The first-order valence-electron chi connectivity index (χ1n) is 10.5. The number of hydrogen-bond acceptors (Lipinski definition) is 4. The van der Waals surface area contributed by atoms with Gasteiger partial charge in [0.15, 0.2) is 0 Å². The summed E-state index contributed by atoms with van der Waals surface area (Å²) in [5.74, 6) is 3.36. The fourth-order valence-corrected chi connectivity index (χ4v) is 5.44. The number of nitrogens with one attached hydrogen (secondary N) is 1. The molecule has 2 aliphatic carbocycles. The molecule has 3 fully saturated rings. The van der Waals surface area contributed by atoms with Gasteiger partial charge in [-0.2, -0.15) is 0 Å². The number of nitrogens with two attached hydrogens (primary N) is 1. The third-order valence-electron chi connectivity index (χ3n) is 6.92. The molecule has 3 atom stereocenters. The molecule has 0 radical (unpaired) electrons. The Labute approximate surface area is 156 Å². The Balaban J connectivity index is 1.38. The van der Waals surface area contributed by atoms with Crippen molar-refractivity contribution in [3.05, 3.63) is 23.7 Å². The average molecular weight is 360 g/mol.